The summed E-state index contributed by atoms with van der Waals surface area (Å²) in [5, 5.41) is 5.16. The first-order valence-electron chi connectivity index (χ1n) is 7.92. The summed E-state index contributed by atoms with van der Waals surface area (Å²) >= 11 is 1.73. The molecule has 0 spiro atoms. The highest BCUT2D eigenvalue weighted by Gasteiger charge is 2.22. The van der Waals surface area contributed by atoms with Crippen molar-refractivity contribution in [3.05, 3.63) is 22.4 Å². The molecule has 1 aliphatic heterocycles. The number of amides is 2. The Hall–Kier alpha value is -1.11. The molecule has 1 saturated heterocycles. The third kappa shape index (κ3) is 4.69. The van der Waals surface area contributed by atoms with Gasteiger partial charge < -0.3 is 19.9 Å². The van der Waals surface area contributed by atoms with Gasteiger partial charge in [-0.2, -0.15) is 0 Å². The van der Waals surface area contributed by atoms with Gasteiger partial charge in [0.15, 0.2) is 0 Å². The second-order valence-electron chi connectivity index (χ2n) is 5.95. The predicted molar refractivity (Wildman–Crippen MR) is 90.3 cm³/mol. The van der Waals surface area contributed by atoms with Gasteiger partial charge in [0.1, 0.15) is 0 Å². The topological polar surface area (TPSA) is 44.8 Å². The average molecular weight is 325 g/mol. The van der Waals surface area contributed by atoms with Crippen LogP contribution in [0, 0.1) is 5.92 Å². The largest absolute Gasteiger partial charge is 0.381 e. The van der Waals surface area contributed by atoms with E-state index in [4.69, 9.17) is 4.74 Å². The Morgan fingerprint density at radius 2 is 2.36 bits per heavy atom. The van der Waals surface area contributed by atoms with E-state index >= 15 is 0 Å². The smallest absolute Gasteiger partial charge is 0.317 e. The molecular weight excluding hydrogens is 298 g/mol. The van der Waals surface area contributed by atoms with Gasteiger partial charge in [-0.05, 0) is 38.9 Å². The van der Waals surface area contributed by atoms with Crippen molar-refractivity contribution < 1.29 is 9.53 Å². The van der Waals surface area contributed by atoms with E-state index in [0.29, 0.717) is 12.5 Å². The van der Waals surface area contributed by atoms with Gasteiger partial charge in [-0.15, -0.1) is 11.3 Å². The minimum absolute atomic E-state index is 0.0257. The molecule has 6 heteroatoms. The zero-order valence-electron chi connectivity index (χ0n) is 13.7. The van der Waals surface area contributed by atoms with Crippen molar-refractivity contribution in [2.24, 2.45) is 5.92 Å². The Labute approximate surface area is 137 Å². The first-order chi connectivity index (χ1) is 10.6. The number of likely N-dealkylation sites (N-methyl/N-ethyl adjacent to an activating group) is 1. The van der Waals surface area contributed by atoms with Gasteiger partial charge in [-0.3, -0.25) is 0 Å². The summed E-state index contributed by atoms with van der Waals surface area (Å²) in [5.74, 6) is 0.479. The molecule has 1 aromatic heterocycles. The van der Waals surface area contributed by atoms with E-state index < -0.39 is 0 Å². The van der Waals surface area contributed by atoms with Gasteiger partial charge in [0.25, 0.3) is 0 Å². The second kappa shape index (κ2) is 8.50. The van der Waals surface area contributed by atoms with Crippen LogP contribution in [0.1, 0.15) is 24.3 Å². The van der Waals surface area contributed by atoms with E-state index in [2.05, 4.69) is 27.7 Å². The van der Waals surface area contributed by atoms with E-state index in [1.165, 1.54) is 4.88 Å². The monoisotopic (exact) mass is 325 g/mol. The number of nitrogens with one attached hydrogen (secondary N) is 1. The summed E-state index contributed by atoms with van der Waals surface area (Å²) in [6.07, 6.45) is 1.05. The lowest BCUT2D eigenvalue weighted by Crippen LogP contribution is -2.45. The maximum absolute atomic E-state index is 12.4. The lowest BCUT2D eigenvalue weighted by molar-refractivity contribution is 0.164. The SMILES string of the molecule is CCN(C[C@H]1CCOC1)C(=O)NC[C@@H](c1cccs1)N(C)C. The van der Waals surface area contributed by atoms with Crippen LogP contribution in [0.3, 0.4) is 0 Å². The number of rotatable bonds is 7. The van der Waals surface area contributed by atoms with Crippen LogP contribution in [-0.2, 0) is 4.74 Å². The van der Waals surface area contributed by atoms with Gasteiger partial charge in [0, 0.05) is 37.0 Å². The van der Waals surface area contributed by atoms with Crippen molar-refractivity contribution >= 4 is 17.4 Å². The van der Waals surface area contributed by atoms with Crippen molar-refractivity contribution in [2.45, 2.75) is 19.4 Å². The molecule has 1 fully saturated rings. The summed E-state index contributed by atoms with van der Waals surface area (Å²) < 4.78 is 5.40. The second-order valence-corrected chi connectivity index (χ2v) is 6.93. The number of ether oxygens (including phenoxy) is 1. The van der Waals surface area contributed by atoms with Crippen LogP contribution in [0.4, 0.5) is 4.79 Å². The van der Waals surface area contributed by atoms with Crippen molar-refractivity contribution in [2.75, 3.05) is 46.9 Å². The van der Waals surface area contributed by atoms with Crippen LogP contribution in [-0.4, -0.2) is 62.8 Å². The molecule has 0 bridgehead atoms. The molecule has 0 aromatic carbocycles. The van der Waals surface area contributed by atoms with E-state index in [1.807, 2.05) is 25.9 Å². The average Bonchev–Trinajstić information content (AvgIpc) is 3.18. The maximum atomic E-state index is 12.4. The first kappa shape index (κ1) is 17.2. The molecule has 0 saturated carbocycles. The first-order valence-corrected chi connectivity index (χ1v) is 8.80. The molecule has 2 atom stereocenters. The highest BCUT2D eigenvalue weighted by molar-refractivity contribution is 7.10. The highest BCUT2D eigenvalue weighted by Crippen LogP contribution is 2.22. The maximum Gasteiger partial charge on any atom is 0.317 e. The Morgan fingerprint density at radius 1 is 1.55 bits per heavy atom. The third-order valence-corrected chi connectivity index (χ3v) is 5.09. The fourth-order valence-electron chi connectivity index (χ4n) is 2.71. The number of thiophene rings is 1. The van der Waals surface area contributed by atoms with Gasteiger partial charge in [-0.25, -0.2) is 4.79 Å². The number of hydrogen-bond donors (Lipinski definition) is 1. The molecule has 1 aliphatic rings. The molecule has 2 heterocycles. The minimum atomic E-state index is 0.0257. The quantitative estimate of drug-likeness (QED) is 0.837. The van der Waals surface area contributed by atoms with E-state index in [-0.39, 0.29) is 12.1 Å². The van der Waals surface area contributed by atoms with Crippen LogP contribution in [0.5, 0.6) is 0 Å². The normalized spacial score (nSPS) is 19.4. The van der Waals surface area contributed by atoms with Crippen LogP contribution in [0.25, 0.3) is 0 Å². The predicted octanol–water partition coefficient (Wildman–Crippen LogP) is 2.42. The summed E-state index contributed by atoms with van der Waals surface area (Å²) in [7, 11) is 4.09. The molecule has 2 rings (SSSR count). The molecular formula is C16H27N3O2S. The Kier molecular flexibility index (Phi) is 6.67. The summed E-state index contributed by atoms with van der Waals surface area (Å²) in [6.45, 7) is 5.77. The molecule has 1 N–H and O–H groups in total. The number of urea groups is 1. The van der Waals surface area contributed by atoms with E-state index in [1.54, 1.807) is 11.3 Å². The summed E-state index contributed by atoms with van der Waals surface area (Å²) in [6, 6.07) is 4.42. The van der Waals surface area contributed by atoms with Gasteiger partial charge in [0.2, 0.25) is 0 Å². The third-order valence-electron chi connectivity index (χ3n) is 4.11. The lowest BCUT2D eigenvalue weighted by Gasteiger charge is -2.27. The Balaban J connectivity index is 1.86. The molecule has 124 valence electrons. The Morgan fingerprint density at radius 3 is 2.91 bits per heavy atom. The van der Waals surface area contributed by atoms with Crippen molar-refractivity contribution in [3.8, 4) is 0 Å². The minimum Gasteiger partial charge on any atom is -0.381 e. The Bertz CT molecular complexity index is 444. The number of carbonyl (C=O) groups excluding carboxylic acids is 1. The number of hydrogen-bond acceptors (Lipinski definition) is 4. The molecule has 1 aromatic rings. The number of nitrogens with zero attached hydrogens (tertiary/aromatic N) is 2. The van der Waals surface area contributed by atoms with E-state index in [0.717, 1.165) is 32.7 Å². The zero-order valence-corrected chi connectivity index (χ0v) is 14.6. The van der Waals surface area contributed by atoms with Crippen molar-refractivity contribution in [1.29, 1.82) is 0 Å². The molecule has 22 heavy (non-hydrogen) atoms. The number of carbonyl (C=O) groups is 1. The summed E-state index contributed by atoms with van der Waals surface area (Å²) in [5.41, 5.74) is 0. The fourth-order valence-corrected chi connectivity index (χ4v) is 3.63. The van der Waals surface area contributed by atoms with E-state index in [9.17, 15) is 4.79 Å². The lowest BCUT2D eigenvalue weighted by atomic mass is 10.1. The molecule has 0 aliphatic carbocycles. The zero-order chi connectivity index (χ0) is 15.9. The molecule has 0 unspecified atom stereocenters. The van der Waals surface area contributed by atoms with Crippen LogP contribution in [0.15, 0.2) is 17.5 Å². The molecule has 2 amide bonds. The standard InChI is InChI=1S/C16H27N3O2S/c1-4-19(11-13-7-8-21-12-13)16(20)17-10-14(18(2)3)15-6-5-9-22-15/h5-6,9,13-14H,4,7-8,10-12H2,1-3H3,(H,17,20)/t13-,14+/m1/s1. The van der Waals surface area contributed by atoms with Crippen LogP contribution >= 0.6 is 11.3 Å². The van der Waals surface area contributed by atoms with Gasteiger partial charge in [0.05, 0.1) is 12.6 Å². The van der Waals surface area contributed by atoms with Gasteiger partial charge >= 0.3 is 6.03 Å². The molecule has 0 radical (unpaired) electrons. The van der Waals surface area contributed by atoms with Crippen LogP contribution in [0.2, 0.25) is 0 Å². The van der Waals surface area contributed by atoms with Crippen molar-refractivity contribution in [3.63, 3.8) is 0 Å². The summed E-state index contributed by atoms with van der Waals surface area (Å²) in [4.78, 5) is 17.7. The highest BCUT2D eigenvalue weighted by atomic mass is 32.1. The van der Waals surface area contributed by atoms with Gasteiger partial charge in [-0.1, -0.05) is 6.07 Å². The molecule has 5 nitrogen and oxygen atoms in total. The van der Waals surface area contributed by atoms with Crippen molar-refractivity contribution in [1.82, 2.24) is 15.1 Å². The van der Waals surface area contributed by atoms with Crippen LogP contribution < -0.4 is 5.32 Å². The fraction of sp³-hybridized carbons (Fsp3) is 0.688.